The normalized spacial score (nSPS) is 20.6. The first-order valence-corrected chi connectivity index (χ1v) is 14.5. The van der Waals surface area contributed by atoms with Gasteiger partial charge in [0.15, 0.2) is 5.82 Å². The van der Waals surface area contributed by atoms with Crippen LogP contribution in [0.25, 0.3) is 28.4 Å². The Balaban J connectivity index is 1.96. The first kappa shape index (κ1) is 29.4. The Morgan fingerprint density at radius 2 is 2.05 bits per heavy atom. The number of aromatic nitrogens is 4. The number of piperidine rings is 1. The van der Waals surface area contributed by atoms with E-state index in [9.17, 15) is 0 Å². The Morgan fingerprint density at radius 1 is 1.25 bits per heavy atom. The summed E-state index contributed by atoms with van der Waals surface area (Å²) in [6.45, 7) is 17.4. The van der Waals surface area contributed by atoms with E-state index in [1.807, 2.05) is 50.8 Å². The lowest BCUT2D eigenvalue weighted by Gasteiger charge is -2.46. The number of hydrogen-bond acceptors (Lipinski definition) is 7. The summed E-state index contributed by atoms with van der Waals surface area (Å²) in [6.07, 6.45) is 16.8. The van der Waals surface area contributed by atoms with Crippen molar-refractivity contribution in [3.05, 3.63) is 72.0 Å². The van der Waals surface area contributed by atoms with Gasteiger partial charge in [0.2, 0.25) is 0 Å². The van der Waals surface area contributed by atoms with Gasteiger partial charge in [-0.3, -0.25) is 9.97 Å². The van der Waals surface area contributed by atoms with Gasteiger partial charge in [-0.2, -0.15) is 0 Å². The molecule has 1 aliphatic heterocycles. The fourth-order valence-electron chi connectivity index (χ4n) is 5.80. The molecule has 2 N–H and O–H groups in total. The Bertz CT molecular complexity index is 1410. The Labute approximate surface area is 239 Å². The van der Waals surface area contributed by atoms with Crippen LogP contribution in [0.1, 0.15) is 70.9 Å². The van der Waals surface area contributed by atoms with Crippen LogP contribution in [0.3, 0.4) is 0 Å². The molecule has 0 amide bonds. The molecule has 0 spiro atoms. The van der Waals surface area contributed by atoms with Crippen molar-refractivity contribution >= 4 is 22.8 Å². The quantitative estimate of drug-likeness (QED) is 0.284. The van der Waals surface area contributed by atoms with Gasteiger partial charge in [0.1, 0.15) is 5.82 Å². The van der Waals surface area contributed by atoms with Crippen molar-refractivity contribution in [2.75, 3.05) is 32.1 Å². The van der Waals surface area contributed by atoms with Gasteiger partial charge in [0.05, 0.1) is 11.7 Å². The molecule has 3 aromatic heterocycles. The predicted molar refractivity (Wildman–Crippen MR) is 168 cm³/mol. The Morgan fingerprint density at radius 3 is 2.75 bits per heavy atom. The van der Waals surface area contributed by atoms with Gasteiger partial charge in [0.25, 0.3) is 0 Å². The molecule has 4 rings (SSSR count). The molecule has 0 saturated carbocycles. The molecule has 0 radical (unpaired) electrons. The van der Waals surface area contributed by atoms with E-state index in [2.05, 4.69) is 72.9 Å². The minimum Gasteiger partial charge on any atom is -0.388 e. The number of rotatable bonds is 10. The van der Waals surface area contributed by atoms with E-state index in [1.165, 1.54) is 5.56 Å². The van der Waals surface area contributed by atoms with Crippen LogP contribution < -0.4 is 15.5 Å². The van der Waals surface area contributed by atoms with E-state index in [4.69, 9.17) is 9.97 Å². The molecule has 1 fully saturated rings. The van der Waals surface area contributed by atoms with Crippen LogP contribution in [0.5, 0.6) is 0 Å². The fraction of sp³-hybridized carbons (Fsp3) is 0.455. The summed E-state index contributed by atoms with van der Waals surface area (Å²) in [4.78, 5) is 22.0. The van der Waals surface area contributed by atoms with E-state index >= 15 is 0 Å². The molecule has 1 aliphatic rings. The van der Waals surface area contributed by atoms with Crippen LogP contribution in [0.15, 0.2) is 60.9 Å². The number of hydrogen-bond donors (Lipinski definition) is 2. The van der Waals surface area contributed by atoms with Crippen LogP contribution in [-0.4, -0.2) is 53.2 Å². The highest BCUT2D eigenvalue weighted by Crippen LogP contribution is 2.40. The highest BCUT2D eigenvalue weighted by Gasteiger charge is 2.39. The highest BCUT2D eigenvalue weighted by molar-refractivity contribution is 5.94. The van der Waals surface area contributed by atoms with Crippen molar-refractivity contribution in [3.63, 3.8) is 0 Å². The first-order valence-electron chi connectivity index (χ1n) is 14.5. The van der Waals surface area contributed by atoms with E-state index in [0.29, 0.717) is 17.8 Å². The lowest BCUT2D eigenvalue weighted by Crippen LogP contribution is -2.55. The topological polar surface area (TPSA) is 78.9 Å². The lowest BCUT2D eigenvalue weighted by atomic mass is 9.75. The maximum Gasteiger partial charge on any atom is 0.162 e. The molecule has 1 saturated heterocycles. The van der Waals surface area contributed by atoms with Gasteiger partial charge in [-0.05, 0) is 61.9 Å². The molecule has 0 aromatic carbocycles. The van der Waals surface area contributed by atoms with Crippen molar-refractivity contribution in [1.29, 1.82) is 0 Å². The van der Waals surface area contributed by atoms with Crippen LogP contribution in [0, 0.1) is 5.41 Å². The molecule has 0 aliphatic carbocycles. The third kappa shape index (κ3) is 5.80. The van der Waals surface area contributed by atoms with Gasteiger partial charge in [-0.15, -0.1) is 0 Å². The second-order valence-corrected chi connectivity index (χ2v) is 11.2. The highest BCUT2D eigenvalue weighted by atomic mass is 15.2. The molecule has 3 atom stereocenters. The molecule has 3 unspecified atom stereocenters. The summed E-state index contributed by atoms with van der Waals surface area (Å²) in [5, 5.41) is 8.01. The Hall–Kier alpha value is -3.58. The average Bonchev–Trinajstić information content (AvgIpc) is 2.98. The third-order valence-corrected chi connectivity index (χ3v) is 8.67. The number of fused-ring (bicyclic) bond motifs is 1. The third-order valence-electron chi connectivity index (χ3n) is 8.67. The standard InChI is InChI=1S/C33H45N7/c1-9-12-23(5)27(34-7)17-24-18-35-15-13-25(24)31-38-28-20-37-19-26(22(4)10-2)30(28)32(39-31)40(8)29-14-16-36-21-33(29,6)11-3/h9,12-13,15,17-20,22,29,34,36H,5,10-11,14,16,21H2,1-4,6-8H3/b12-9-,27-17-. The van der Waals surface area contributed by atoms with E-state index in [0.717, 1.165) is 71.5 Å². The van der Waals surface area contributed by atoms with Gasteiger partial charge in [0, 0.05) is 72.9 Å². The van der Waals surface area contributed by atoms with E-state index < -0.39 is 0 Å². The number of nitrogens with one attached hydrogen (secondary N) is 2. The summed E-state index contributed by atoms with van der Waals surface area (Å²) in [6, 6.07) is 2.34. The number of pyridine rings is 2. The molecule has 212 valence electrons. The van der Waals surface area contributed by atoms with E-state index in [1.54, 1.807) is 6.20 Å². The van der Waals surface area contributed by atoms with Crippen molar-refractivity contribution in [3.8, 4) is 11.4 Å². The second kappa shape index (κ2) is 12.7. The van der Waals surface area contributed by atoms with Crippen LogP contribution in [0.4, 0.5) is 5.82 Å². The zero-order chi connectivity index (χ0) is 28.9. The molecule has 40 heavy (non-hydrogen) atoms. The maximum absolute atomic E-state index is 5.35. The minimum absolute atomic E-state index is 0.132. The molecular formula is C33H45N7. The second-order valence-electron chi connectivity index (χ2n) is 11.2. The van der Waals surface area contributed by atoms with Gasteiger partial charge in [-0.1, -0.05) is 46.4 Å². The summed E-state index contributed by atoms with van der Waals surface area (Å²) >= 11 is 0. The van der Waals surface area contributed by atoms with Gasteiger partial charge in [-0.25, -0.2) is 9.97 Å². The molecule has 7 nitrogen and oxygen atoms in total. The SMILES string of the molecule is C=C(/C=C\C)/C(=C/c1cnccc1-c1nc(N(C)C2CCNCC2(C)CC)c2c(C(C)CC)cncc2n1)NC. The molecule has 3 aromatic rings. The van der Waals surface area contributed by atoms with Crippen molar-refractivity contribution in [2.24, 2.45) is 5.41 Å². The minimum atomic E-state index is 0.132. The van der Waals surface area contributed by atoms with Crippen molar-refractivity contribution in [1.82, 2.24) is 30.6 Å². The monoisotopic (exact) mass is 539 g/mol. The largest absolute Gasteiger partial charge is 0.388 e. The molecule has 7 heteroatoms. The summed E-state index contributed by atoms with van der Waals surface area (Å²) < 4.78 is 0. The smallest absolute Gasteiger partial charge is 0.162 e. The summed E-state index contributed by atoms with van der Waals surface area (Å²) in [5.74, 6) is 1.99. The summed E-state index contributed by atoms with van der Waals surface area (Å²) in [5.41, 5.74) is 5.87. The zero-order valence-corrected chi connectivity index (χ0v) is 25.3. The van der Waals surface area contributed by atoms with Crippen molar-refractivity contribution in [2.45, 2.75) is 65.8 Å². The van der Waals surface area contributed by atoms with Crippen LogP contribution >= 0.6 is 0 Å². The summed E-state index contributed by atoms with van der Waals surface area (Å²) in [7, 11) is 4.12. The van der Waals surface area contributed by atoms with E-state index in [-0.39, 0.29) is 5.41 Å². The number of anilines is 1. The predicted octanol–water partition coefficient (Wildman–Crippen LogP) is 6.51. The lowest BCUT2D eigenvalue weighted by molar-refractivity contribution is 0.183. The average molecular weight is 540 g/mol. The first-order chi connectivity index (χ1) is 19.3. The van der Waals surface area contributed by atoms with Gasteiger partial charge < -0.3 is 15.5 Å². The number of nitrogens with zero attached hydrogens (tertiary/aromatic N) is 5. The van der Waals surface area contributed by atoms with Crippen molar-refractivity contribution < 1.29 is 0 Å². The maximum atomic E-state index is 5.35. The fourth-order valence-corrected chi connectivity index (χ4v) is 5.80. The van der Waals surface area contributed by atoms with Crippen LogP contribution in [-0.2, 0) is 0 Å². The molecule has 4 heterocycles. The number of allylic oxidation sites excluding steroid dienone is 2. The molecular weight excluding hydrogens is 494 g/mol. The van der Waals surface area contributed by atoms with Crippen LogP contribution in [0.2, 0.25) is 0 Å². The zero-order valence-electron chi connectivity index (χ0n) is 25.3. The Kier molecular flexibility index (Phi) is 9.36. The molecule has 0 bridgehead atoms. The number of likely N-dealkylation sites (N-methyl/N-ethyl adjacent to an activating group) is 1. The van der Waals surface area contributed by atoms with Gasteiger partial charge >= 0.3 is 0 Å².